The summed E-state index contributed by atoms with van der Waals surface area (Å²) in [6.07, 6.45) is 1.48. The van der Waals surface area contributed by atoms with Crippen molar-refractivity contribution in [2.75, 3.05) is 31.7 Å². The molecular weight excluding hydrogens is 392 g/mol. The fourth-order valence-corrected chi connectivity index (χ4v) is 4.17. The van der Waals surface area contributed by atoms with Crippen LogP contribution in [0.1, 0.15) is 24.1 Å². The number of thiazole rings is 1. The number of benzene rings is 1. The van der Waals surface area contributed by atoms with Crippen molar-refractivity contribution < 1.29 is 19.1 Å². The SMILES string of the molecule is Cc1csc(NC(=O)C2CCN(CC(=O)NCc3ccc4c(c3)OCO4)CC2)n1. The fraction of sp³-hybridized carbons (Fsp3) is 0.450. The second-order valence-corrected chi connectivity index (χ2v) is 8.16. The largest absolute Gasteiger partial charge is 0.454 e. The molecule has 0 aliphatic carbocycles. The predicted molar refractivity (Wildman–Crippen MR) is 109 cm³/mol. The molecule has 1 saturated heterocycles. The number of ether oxygens (including phenoxy) is 2. The minimum Gasteiger partial charge on any atom is -0.454 e. The van der Waals surface area contributed by atoms with Crippen molar-refractivity contribution in [1.29, 1.82) is 0 Å². The van der Waals surface area contributed by atoms with E-state index in [0.29, 0.717) is 24.0 Å². The van der Waals surface area contributed by atoms with Crippen LogP contribution in [0.5, 0.6) is 11.5 Å². The van der Waals surface area contributed by atoms with Crippen molar-refractivity contribution in [2.24, 2.45) is 5.92 Å². The molecule has 2 N–H and O–H groups in total. The third kappa shape index (κ3) is 5.04. The van der Waals surface area contributed by atoms with E-state index in [-0.39, 0.29) is 24.5 Å². The van der Waals surface area contributed by atoms with Crippen LogP contribution in [0.3, 0.4) is 0 Å². The smallest absolute Gasteiger partial charge is 0.234 e. The molecule has 0 spiro atoms. The Bertz CT molecular complexity index is 892. The summed E-state index contributed by atoms with van der Waals surface area (Å²) in [6.45, 7) is 4.38. The number of carbonyl (C=O) groups is 2. The number of nitrogens with one attached hydrogen (secondary N) is 2. The number of fused-ring (bicyclic) bond motifs is 1. The van der Waals surface area contributed by atoms with Crippen molar-refractivity contribution in [2.45, 2.75) is 26.3 Å². The monoisotopic (exact) mass is 416 g/mol. The van der Waals surface area contributed by atoms with Crippen LogP contribution < -0.4 is 20.1 Å². The average Bonchev–Trinajstić information content (AvgIpc) is 3.35. The van der Waals surface area contributed by atoms with Gasteiger partial charge in [-0.1, -0.05) is 6.07 Å². The topological polar surface area (TPSA) is 92.8 Å². The van der Waals surface area contributed by atoms with Gasteiger partial charge in [0.15, 0.2) is 16.6 Å². The Hall–Kier alpha value is -2.65. The Morgan fingerprint density at radius 1 is 1.24 bits per heavy atom. The molecule has 154 valence electrons. The molecule has 3 heterocycles. The lowest BCUT2D eigenvalue weighted by molar-refractivity contribution is -0.123. The summed E-state index contributed by atoms with van der Waals surface area (Å²) >= 11 is 1.44. The lowest BCUT2D eigenvalue weighted by Gasteiger charge is -2.30. The Morgan fingerprint density at radius 2 is 2.03 bits per heavy atom. The minimum atomic E-state index is -0.0350. The van der Waals surface area contributed by atoms with Crippen molar-refractivity contribution in [3.05, 3.63) is 34.8 Å². The molecule has 8 nitrogen and oxygen atoms in total. The van der Waals surface area contributed by atoms with Gasteiger partial charge in [-0.25, -0.2) is 4.98 Å². The van der Waals surface area contributed by atoms with Crippen molar-refractivity contribution >= 4 is 28.3 Å². The lowest BCUT2D eigenvalue weighted by atomic mass is 9.96. The first-order valence-corrected chi connectivity index (χ1v) is 10.6. The quantitative estimate of drug-likeness (QED) is 0.750. The highest BCUT2D eigenvalue weighted by atomic mass is 32.1. The average molecular weight is 417 g/mol. The van der Waals surface area contributed by atoms with E-state index in [1.807, 2.05) is 30.5 Å². The van der Waals surface area contributed by atoms with Gasteiger partial charge in [-0.3, -0.25) is 14.5 Å². The fourth-order valence-electron chi connectivity index (χ4n) is 3.48. The minimum absolute atomic E-state index is 0.0197. The number of piperidine rings is 1. The zero-order valence-electron chi connectivity index (χ0n) is 16.3. The summed E-state index contributed by atoms with van der Waals surface area (Å²) in [4.78, 5) is 31.0. The summed E-state index contributed by atoms with van der Waals surface area (Å²) < 4.78 is 10.6. The summed E-state index contributed by atoms with van der Waals surface area (Å²) in [5.41, 5.74) is 1.88. The first kappa shape index (κ1) is 19.7. The second kappa shape index (κ2) is 8.79. The molecule has 1 fully saturated rings. The number of likely N-dealkylation sites (tertiary alicyclic amines) is 1. The van der Waals surface area contributed by atoms with E-state index in [9.17, 15) is 9.59 Å². The Labute approximate surface area is 173 Å². The molecule has 0 unspecified atom stereocenters. The first-order chi connectivity index (χ1) is 14.1. The third-order valence-electron chi connectivity index (χ3n) is 5.10. The number of nitrogens with zero attached hydrogens (tertiary/aromatic N) is 2. The maximum absolute atomic E-state index is 12.4. The Morgan fingerprint density at radius 3 is 2.79 bits per heavy atom. The van der Waals surface area contributed by atoms with Gasteiger partial charge in [-0.05, 0) is 50.6 Å². The van der Waals surface area contributed by atoms with Crippen LogP contribution in [0.2, 0.25) is 0 Å². The number of rotatable bonds is 6. The van der Waals surface area contributed by atoms with Gasteiger partial charge < -0.3 is 20.1 Å². The van der Waals surface area contributed by atoms with E-state index in [0.717, 1.165) is 42.9 Å². The van der Waals surface area contributed by atoms with E-state index in [4.69, 9.17) is 9.47 Å². The van der Waals surface area contributed by atoms with Crippen LogP contribution >= 0.6 is 11.3 Å². The molecule has 0 radical (unpaired) electrons. The maximum Gasteiger partial charge on any atom is 0.234 e. The third-order valence-corrected chi connectivity index (χ3v) is 5.98. The van der Waals surface area contributed by atoms with E-state index in [1.165, 1.54) is 11.3 Å². The Balaban J connectivity index is 1.18. The molecule has 1 aromatic heterocycles. The number of aryl methyl sites for hydroxylation is 1. The highest BCUT2D eigenvalue weighted by Crippen LogP contribution is 2.32. The summed E-state index contributed by atoms with van der Waals surface area (Å²) in [5, 5.41) is 8.41. The van der Waals surface area contributed by atoms with E-state index in [2.05, 4.69) is 20.5 Å². The van der Waals surface area contributed by atoms with Crippen LogP contribution in [-0.2, 0) is 16.1 Å². The van der Waals surface area contributed by atoms with Crippen LogP contribution in [-0.4, -0.2) is 48.1 Å². The molecule has 2 aromatic rings. The van der Waals surface area contributed by atoms with Crippen molar-refractivity contribution in [3.63, 3.8) is 0 Å². The molecule has 0 bridgehead atoms. The Kier molecular flexibility index (Phi) is 5.96. The van der Waals surface area contributed by atoms with Gasteiger partial charge in [0, 0.05) is 17.8 Å². The molecule has 29 heavy (non-hydrogen) atoms. The predicted octanol–water partition coefficient (Wildman–Crippen LogP) is 2.15. The standard InChI is InChI=1S/C20H24N4O4S/c1-13-11-29-20(22-13)23-19(26)15-4-6-24(7-5-15)10-18(25)21-9-14-2-3-16-17(8-14)28-12-27-16/h2-3,8,11,15H,4-7,9-10,12H2,1H3,(H,21,25)(H,22,23,26). The molecule has 9 heteroatoms. The first-order valence-electron chi connectivity index (χ1n) is 9.67. The van der Waals surface area contributed by atoms with Crippen molar-refractivity contribution in [3.8, 4) is 11.5 Å². The van der Waals surface area contributed by atoms with Gasteiger partial charge in [-0.2, -0.15) is 0 Å². The van der Waals surface area contributed by atoms with Gasteiger partial charge >= 0.3 is 0 Å². The number of hydrogen-bond donors (Lipinski definition) is 2. The normalized spacial score (nSPS) is 16.6. The van der Waals surface area contributed by atoms with Crippen LogP contribution in [0.25, 0.3) is 0 Å². The van der Waals surface area contributed by atoms with Crippen LogP contribution in [0.15, 0.2) is 23.6 Å². The number of anilines is 1. The van der Waals surface area contributed by atoms with Gasteiger partial charge in [-0.15, -0.1) is 11.3 Å². The number of hydrogen-bond acceptors (Lipinski definition) is 7. The number of aromatic nitrogens is 1. The highest BCUT2D eigenvalue weighted by molar-refractivity contribution is 7.13. The highest BCUT2D eigenvalue weighted by Gasteiger charge is 2.26. The molecule has 2 amide bonds. The van der Waals surface area contributed by atoms with Gasteiger partial charge in [0.1, 0.15) is 0 Å². The van der Waals surface area contributed by atoms with E-state index < -0.39 is 0 Å². The van der Waals surface area contributed by atoms with Crippen LogP contribution in [0, 0.1) is 12.8 Å². The number of carbonyl (C=O) groups excluding carboxylic acids is 2. The van der Waals surface area contributed by atoms with E-state index in [1.54, 1.807) is 0 Å². The molecule has 2 aliphatic rings. The lowest BCUT2D eigenvalue weighted by Crippen LogP contribution is -2.43. The zero-order chi connectivity index (χ0) is 20.2. The number of amides is 2. The van der Waals surface area contributed by atoms with Gasteiger partial charge in [0.25, 0.3) is 0 Å². The molecule has 0 saturated carbocycles. The van der Waals surface area contributed by atoms with Gasteiger partial charge in [0.05, 0.1) is 12.2 Å². The molecule has 1 aromatic carbocycles. The molecule has 0 atom stereocenters. The summed E-state index contributed by atoms with van der Waals surface area (Å²) in [6, 6.07) is 5.66. The zero-order valence-corrected chi connectivity index (χ0v) is 17.1. The van der Waals surface area contributed by atoms with Crippen molar-refractivity contribution in [1.82, 2.24) is 15.2 Å². The summed E-state index contributed by atoms with van der Waals surface area (Å²) in [5.74, 6) is 1.41. The van der Waals surface area contributed by atoms with Crippen LogP contribution in [0.4, 0.5) is 5.13 Å². The maximum atomic E-state index is 12.4. The second-order valence-electron chi connectivity index (χ2n) is 7.30. The molecule has 2 aliphatic heterocycles. The van der Waals surface area contributed by atoms with E-state index >= 15 is 0 Å². The summed E-state index contributed by atoms with van der Waals surface area (Å²) in [7, 11) is 0. The van der Waals surface area contributed by atoms with Gasteiger partial charge in [0.2, 0.25) is 18.6 Å². The molecular formula is C20H24N4O4S. The molecule has 4 rings (SSSR count).